The minimum absolute atomic E-state index is 0.448. The van der Waals surface area contributed by atoms with Gasteiger partial charge in [-0.1, -0.05) is 6.07 Å². The van der Waals surface area contributed by atoms with Crippen LogP contribution in [0.15, 0.2) is 48.9 Å². The van der Waals surface area contributed by atoms with Gasteiger partial charge in [-0.25, -0.2) is 9.97 Å². The Kier molecular flexibility index (Phi) is 2.30. The molecule has 1 amide bonds. The van der Waals surface area contributed by atoms with Crippen LogP contribution in [0.2, 0.25) is 0 Å². The number of hydrogen-bond donors (Lipinski definition) is 1. The Morgan fingerprint density at radius 2 is 1.94 bits per heavy atom. The molecule has 0 fully saturated rings. The van der Waals surface area contributed by atoms with Gasteiger partial charge in [0.15, 0.2) is 0 Å². The number of pyridine rings is 2. The number of rotatable bonds is 2. The molecular weight excluding hydrogens is 228 g/mol. The van der Waals surface area contributed by atoms with Gasteiger partial charge in [-0.05, 0) is 24.3 Å². The Morgan fingerprint density at radius 3 is 2.67 bits per heavy atom. The highest BCUT2D eigenvalue weighted by Crippen LogP contribution is 2.21. The number of hydrogen-bond acceptors (Lipinski definition) is 3. The highest BCUT2D eigenvalue weighted by atomic mass is 16.1. The van der Waals surface area contributed by atoms with Crippen LogP contribution in [-0.4, -0.2) is 20.4 Å². The Labute approximate surface area is 103 Å². The number of primary amides is 1. The fraction of sp³-hybridized carbons (Fsp3) is 0. The molecular formula is C13H10N4O. The monoisotopic (exact) mass is 238 g/mol. The lowest BCUT2D eigenvalue weighted by molar-refractivity contribution is 0.100. The van der Waals surface area contributed by atoms with Gasteiger partial charge in [0.25, 0.3) is 5.91 Å². The average Bonchev–Trinajstić information content (AvgIpc) is 2.79. The molecule has 0 aliphatic carbocycles. The molecule has 0 aromatic carbocycles. The lowest BCUT2D eigenvalue weighted by atomic mass is 10.2. The van der Waals surface area contributed by atoms with Gasteiger partial charge in [-0.3, -0.25) is 9.36 Å². The number of carbonyl (C=O) groups excluding carboxylic acids is 1. The Bertz CT molecular complexity index is 718. The summed E-state index contributed by atoms with van der Waals surface area (Å²) in [7, 11) is 0. The summed E-state index contributed by atoms with van der Waals surface area (Å²) in [6.45, 7) is 0. The van der Waals surface area contributed by atoms with Crippen molar-refractivity contribution in [3.63, 3.8) is 0 Å². The molecule has 0 saturated carbocycles. The van der Waals surface area contributed by atoms with Crippen molar-refractivity contribution in [2.75, 3.05) is 0 Å². The summed E-state index contributed by atoms with van der Waals surface area (Å²) in [5.41, 5.74) is 6.49. The molecule has 0 atom stereocenters. The van der Waals surface area contributed by atoms with E-state index < -0.39 is 5.91 Å². The average molecular weight is 238 g/mol. The summed E-state index contributed by atoms with van der Waals surface area (Å²) in [6, 6.07) is 9.15. The summed E-state index contributed by atoms with van der Waals surface area (Å²) in [4.78, 5) is 19.9. The fourth-order valence-corrected chi connectivity index (χ4v) is 1.93. The number of nitrogens with two attached hydrogens (primary N) is 1. The van der Waals surface area contributed by atoms with E-state index in [2.05, 4.69) is 9.97 Å². The normalized spacial score (nSPS) is 10.7. The zero-order chi connectivity index (χ0) is 12.5. The lowest BCUT2D eigenvalue weighted by Crippen LogP contribution is -2.10. The van der Waals surface area contributed by atoms with Crippen LogP contribution in [0.3, 0.4) is 0 Å². The predicted molar refractivity (Wildman–Crippen MR) is 67.4 cm³/mol. The van der Waals surface area contributed by atoms with Gasteiger partial charge < -0.3 is 5.73 Å². The molecule has 3 heterocycles. The van der Waals surface area contributed by atoms with Crippen molar-refractivity contribution < 1.29 is 4.79 Å². The minimum atomic E-state index is -0.470. The predicted octanol–water partition coefficient (Wildman–Crippen LogP) is 1.52. The zero-order valence-electron chi connectivity index (χ0n) is 9.45. The molecule has 0 aliphatic heterocycles. The van der Waals surface area contributed by atoms with Crippen molar-refractivity contribution in [3.05, 3.63) is 54.5 Å². The second-order valence-corrected chi connectivity index (χ2v) is 3.84. The molecule has 5 heteroatoms. The molecule has 0 saturated heterocycles. The summed E-state index contributed by atoms with van der Waals surface area (Å²) in [5, 5.41) is 0.732. The van der Waals surface area contributed by atoms with E-state index in [4.69, 9.17) is 5.73 Å². The van der Waals surface area contributed by atoms with Gasteiger partial charge in [0.2, 0.25) is 0 Å². The van der Waals surface area contributed by atoms with Gasteiger partial charge in [0.1, 0.15) is 11.5 Å². The third-order valence-corrected chi connectivity index (χ3v) is 2.72. The van der Waals surface area contributed by atoms with Gasteiger partial charge >= 0.3 is 0 Å². The van der Waals surface area contributed by atoms with Gasteiger partial charge in [-0.15, -0.1) is 0 Å². The van der Waals surface area contributed by atoms with Crippen molar-refractivity contribution in [2.24, 2.45) is 5.73 Å². The summed E-state index contributed by atoms with van der Waals surface area (Å²) in [6.07, 6.45) is 5.03. The van der Waals surface area contributed by atoms with E-state index in [-0.39, 0.29) is 0 Å². The van der Waals surface area contributed by atoms with Crippen molar-refractivity contribution in [3.8, 4) is 5.82 Å². The number of aromatic nitrogens is 3. The molecule has 3 rings (SSSR count). The smallest absolute Gasteiger partial charge is 0.250 e. The number of amides is 1. The van der Waals surface area contributed by atoms with E-state index >= 15 is 0 Å². The third kappa shape index (κ3) is 1.53. The first kappa shape index (κ1) is 10.5. The Balaban J connectivity index is 2.34. The van der Waals surface area contributed by atoms with E-state index in [9.17, 15) is 4.79 Å². The standard InChI is InChI=1S/C13H10N4O/c14-12(18)10-8-17(11-5-1-2-6-15-11)13-9(10)4-3-7-16-13/h1-8H,(H2,14,18). The zero-order valence-corrected chi connectivity index (χ0v) is 9.45. The summed E-state index contributed by atoms with van der Waals surface area (Å²) in [5.74, 6) is 0.233. The van der Waals surface area contributed by atoms with Crippen molar-refractivity contribution >= 4 is 16.9 Å². The largest absolute Gasteiger partial charge is 0.366 e. The van der Waals surface area contributed by atoms with E-state index in [1.54, 1.807) is 29.2 Å². The fourth-order valence-electron chi connectivity index (χ4n) is 1.93. The van der Waals surface area contributed by atoms with E-state index in [1.807, 2.05) is 24.3 Å². The van der Waals surface area contributed by atoms with Crippen LogP contribution >= 0.6 is 0 Å². The third-order valence-electron chi connectivity index (χ3n) is 2.72. The van der Waals surface area contributed by atoms with Crippen molar-refractivity contribution in [2.45, 2.75) is 0 Å². The highest BCUT2D eigenvalue weighted by molar-refractivity contribution is 6.05. The molecule has 18 heavy (non-hydrogen) atoms. The molecule has 0 unspecified atom stereocenters. The summed E-state index contributed by atoms with van der Waals surface area (Å²) >= 11 is 0. The second-order valence-electron chi connectivity index (χ2n) is 3.84. The molecule has 3 aromatic rings. The van der Waals surface area contributed by atoms with Crippen LogP contribution in [0.25, 0.3) is 16.9 Å². The first-order valence-corrected chi connectivity index (χ1v) is 5.44. The molecule has 88 valence electrons. The lowest BCUT2D eigenvalue weighted by Gasteiger charge is -2.01. The van der Waals surface area contributed by atoms with Crippen LogP contribution in [-0.2, 0) is 0 Å². The van der Waals surface area contributed by atoms with Crippen LogP contribution in [0.5, 0.6) is 0 Å². The first-order valence-electron chi connectivity index (χ1n) is 5.44. The van der Waals surface area contributed by atoms with Gasteiger partial charge in [0.05, 0.1) is 5.56 Å². The molecule has 0 bridgehead atoms. The maximum atomic E-state index is 11.4. The first-order chi connectivity index (χ1) is 8.77. The van der Waals surface area contributed by atoms with Crippen molar-refractivity contribution in [1.29, 1.82) is 0 Å². The molecule has 0 aliphatic rings. The van der Waals surface area contributed by atoms with Crippen LogP contribution < -0.4 is 5.73 Å². The van der Waals surface area contributed by atoms with Crippen LogP contribution in [0, 0.1) is 0 Å². The van der Waals surface area contributed by atoms with Gasteiger partial charge in [0, 0.05) is 24.0 Å². The highest BCUT2D eigenvalue weighted by Gasteiger charge is 2.14. The molecule has 3 aromatic heterocycles. The number of fused-ring (bicyclic) bond motifs is 1. The van der Waals surface area contributed by atoms with Crippen LogP contribution in [0.4, 0.5) is 0 Å². The number of carbonyl (C=O) groups is 1. The van der Waals surface area contributed by atoms with E-state index in [1.165, 1.54) is 0 Å². The maximum Gasteiger partial charge on any atom is 0.250 e. The summed E-state index contributed by atoms with van der Waals surface area (Å²) < 4.78 is 1.76. The Hall–Kier alpha value is -2.69. The number of nitrogens with zero attached hydrogens (tertiary/aromatic N) is 3. The molecule has 0 spiro atoms. The molecule has 2 N–H and O–H groups in total. The minimum Gasteiger partial charge on any atom is -0.366 e. The second kappa shape index (κ2) is 3.96. The topological polar surface area (TPSA) is 73.8 Å². The van der Waals surface area contributed by atoms with Gasteiger partial charge in [-0.2, -0.15) is 0 Å². The van der Waals surface area contributed by atoms with Crippen molar-refractivity contribution in [1.82, 2.24) is 14.5 Å². The maximum absolute atomic E-state index is 11.4. The molecule has 5 nitrogen and oxygen atoms in total. The quantitative estimate of drug-likeness (QED) is 0.735. The van der Waals surface area contributed by atoms with Crippen LogP contribution in [0.1, 0.15) is 10.4 Å². The molecule has 0 radical (unpaired) electrons. The SMILES string of the molecule is NC(=O)c1cn(-c2ccccn2)c2ncccc12. The Morgan fingerprint density at radius 1 is 1.11 bits per heavy atom. The van der Waals surface area contributed by atoms with E-state index in [0.717, 1.165) is 5.39 Å². The van der Waals surface area contributed by atoms with E-state index in [0.29, 0.717) is 17.0 Å².